The highest BCUT2D eigenvalue weighted by atomic mass is 28.3. The standard InChI is InChI=1S/C44H29N3Si/c1-45-33-28-32(29-34(30-33)47-43-24-14-12-22-39(43)40-23-13-15-25-44(40)47)41-31-38(26-27-42(41)46-2)48(35-16-6-3-7-17-35,36-18-8-4-9-19-36)37-20-10-5-11-21-37/h3-31H. The molecule has 0 amide bonds. The lowest BCUT2D eigenvalue weighted by Gasteiger charge is -2.35. The Kier molecular flexibility index (Phi) is 7.27. The number of hydrogen-bond acceptors (Lipinski definition) is 0. The van der Waals surface area contributed by atoms with Crippen molar-refractivity contribution in [2.24, 2.45) is 0 Å². The minimum atomic E-state index is -2.83. The molecule has 224 valence electrons. The molecule has 0 aliphatic heterocycles. The lowest BCUT2D eigenvalue weighted by Crippen LogP contribution is -2.74. The van der Waals surface area contributed by atoms with E-state index >= 15 is 0 Å². The van der Waals surface area contributed by atoms with E-state index in [4.69, 9.17) is 13.1 Å². The Morgan fingerprint density at radius 3 is 1.44 bits per heavy atom. The van der Waals surface area contributed by atoms with Crippen molar-refractivity contribution in [2.75, 3.05) is 0 Å². The molecule has 0 bridgehead atoms. The molecule has 0 fully saturated rings. The molecule has 0 saturated heterocycles. The van der Waals surface area contributed by atoms with Gasteiger partial charge in [-0.05, 0) is 62.2 Å². The number of para-hydroxylation sites is 2. The third-order valence-corrected chi connectivity index (χ3v) is 14.1. The number of aromatic nitrogens is 1. The van der Waals surface area contributed by atoms with Crippen LogP contribution in [0.25, 0.3) is 48.3 Å². The molecule has 3 nitrogen and oxygen atoms in total. The van der Waals surface area contributed by atoms with Gasteiger partial charge in [0.15, 0.2) is 19.4 Å². The molecular formula is C44H29N3Si. The van der Waals surface area contributed by atoms with Gasteiger partial charge in [0.2, 0.25) is 0 Å². The second kappa shape index (κ2) is 12.0. The van der Waals surface area contributed by atoms with Gasteiger partial charge in [0, 0.05) is 16.5 Å². The van der Waals surface area contributed by atoms with Crippen LogP contribution in [0, 0.1) is 13.1 Å². The predicted octanol–water partition coefficient (Wildman–Crippen LogP) is 8.93. The summed E-state index contributed by atoms with van der Waals surface area (Å²) in [5.74, 6) is 0. The number of benzene rings is 7. The highest BCUT2D eigenvalue weighted by Crippen LogP contribution is 2.38. The van der Waals surface area contributed by atoms with E-state index in [-0.39, 0.29) is 0 Å². The summed E-state index contributed by atoms with van der Waals surface area (Å²) in [4.78, 5) is 7.94. The van der Waals surface area contributed by atoms with Crippen LogP contribution in [0.4, 0.5) is 11.4 Å². The molecular weight excluding hydrogens is 599 g/mol. The van der Waals surface area contributed by atoms with Gasteiger partial charge in [0.25, 0.3) is 0 Å². The molecule has 8 aromatic rings. The molecule has 1 heterocycles. The summed E-state index contributed by atoms with van der Waals surface area (Å²) in [6.45, 7) is 16.3. The fraction of sp³-hybridized carbons (Fsp3) is 0. The van der Waals surface area contributed by atoms with Gasteiger partial charge in [-0.2, -0.15) is 0 Å². The monoisotopic (exact) mass is 627 g/mol. The minimum absolute atomic E-state index is 0.531. The molecule has 0 aliphatic carbocycles. The quantitative estimate of drug-likeness (QED) is 0.0993. The normalized spacial score (nSPS) is 11.3. The fourth-order valence-corrected chi connectivity index (χ4v) is 12.1. The van der Waals surface area contributed by atoms with Crippen LogP contribution in [0.5, 0.6) is 0 Å². The largest absolute Gasteiger partial charge is 0.310 e. The lowest BCUT2D eigenvalue weighted by molar-refractivity contribution is 1.18. The Hall–Kier alpha value is -6.46. The fourth-order valence-electron chi connectivity index (χ4n) is 7.31. The zero-order chi connectivity index (χ0) is 32.5. The molecule has 0 N–H and O–H groups in total. The SMILES string of the molecule is [C-]#[N+]c1cc(-c2cc([Si](c3ccccc3)(c3ccccc3)c3ccccc3)ccc2[N+]#[C-])cc(-n2c3ccccc3c3ccccc32)c1. The first-order valence-electron chi connectivity index (χ1n) is 15.9. The molecule has 8 rings (SSSR count). The Bertz CT molecular complexity index is 2370. The van der Waals surface area contributed by atoms with Crippen molar-refractivity contribution in [1.82, 2.24) is 4.57 Å². The highest BCUT2D eigenvalue weighted by molar-refractivity contribution is 7.19. The maximum absolute atomic E-state index is 8.23. The first-order valence-corrected chi connectivity index (χ1v) is 17.9. The topological polar surface area (TPSA) is 13.7 Å². The van der Waals surface area contributed by atoms with Crippen LogP contribution in [0.1, 0.15) is 0 Å². The minimum Gasteiger partial charge on any atom is -0.310 e. The van der Waals surface area contributed by atoms with Crippen LogP contribution in [0.15, 0.2) is 176 Å². The van der Waals surface area contributed by atoms with E-state index in [0.717, 1.165) is 38.6 Å². The van der Waals surface area contributed by atoms with Gasteiger partial charge in [-0.15, -0.1) is 0 Å². The Balaban J connectivity index is 1.43. The zero-order valence-corrected chi connectivity index (χ0v) is 27.1. The molecule has 0 aliphatic rings. The molecule has 1 aromatic heterocycles. The number of fused-ring (bicyclic) bond motifs is 3. The molecule has 0 radical (unpaired) electrons. The van der Waals surface area contributed by atoms with Gasteiger partial charge in [-0.3, -0.25) is 0 Å². The van der Waals surface area contributed by atoms with Gasteiger partial charge >= 0.3 is 0 Å². The van der Waals surface area contributed by atoms with Gasteiger partial charge < -0.3 is 4.57 Å². The summed E-state index contributed by atoms with van der Waals surface area (Å²) in [6, 6.07) is 61.6. The third kappa shape index (κ3) is 4.64. The van der Waals surface area contributed by atoms with Crippen LogP contribution < -0.4 is 20.7 Å². The van der Waals surface area contributed by atoms with E-state index in [1.165, 1.54) is 20.7 Å². The molecule has 0 spiro atoms. The summed E-state index contributed by atoms with van der Waals surface area (Å²) < 4.78 is 2.24. The second-order valence-corrected chi connectivity index (χ2v) is 15.7. The maximum atomic E-state index is 8.23. The van der Waals surface area contributed by atoms with Crippen molar-refractivity contribution in [2.45, 2.75) is 0 Å². The average molecular weight is 628 g/mol. The van der Waals surface area contributed by atoms with E-state index in [0.29, 0.717) is 11.4 Å². The van der Waals surface area contributed by atoms with Crippen LogP contribution in [-0.4, -0.2) is 12.6 Å². The maximum Gasteiger partial charge on any atom is 0.194 e. The molecule has 0 saturated carbocycles. The average Bonchev–Trinajstić information content (AvgIpc) is 3.51. The molecule has 0 unspecified atom stereocenters. The summed E-state index contributed by atoms with van der Waals surface area (Å²) in [6.07, 6.45) is 0. The van der Waals surface area contributed by atoms with Crippen molar-refractivity contribution in [3.05, 3.63) is 199 Å². The van der Waals surface area contributed by atoms with Crippen molar-refractivity contribution in [3.63, 3.8) is 0 Å². The molecule has 0 atom stereocenters. The van der Waals surface area contributed by atoms with E-state index in [1.54, 1.807) is 0 Å². The van der Waals surface area contributed by atoms with Crippen LogP contribution in [-0.2, 0) is 0 Å². The number of hydrogen-bond donors (Lipinski definition) is 0. The van der Waals surface area contributed by atoms with E-state index < -0.39 is 8.07 Å². The van der Waals surface area contributed by atoms with Crippen molar-refractivity contribution in [3.8, 4) is 16.8 Å². The van der Waals surface area contributed by atoms with Gasteiger partial charge in [0.05, 0.1) is 24.2 Å². The first-order chi connectivity index (χ1) is 23.7. The predicted molar refractivity (Wildman–Crippen MR) is 202 cm³/mol. The van der Waals surface area contributed by atoms with Gasteiger partial charge in [0.1, 0.15) is 0 Å². The summed E-state index contributed by atoms with van der Waals surface area (Å²) >= 11 is 0. The number of rotatable bonds is 6. The Labute approximate surface area is 281 Å². The van der Waals surface area contributed by atoms with Crippen LogP contribution in [0.2, 0.25) is 0 Å². The molecule has 7 aromatic carbocycles. The van der Waals surface area contributed by atoms with E-state index in [9.17, 15) is 0 Å². The smallest absolute Gasteiger partial charge is 0.194 e. The Morgan fingerprint density at radius 1 is 0.438 bits per heavy atom. The van der Waals surface area contributed by atoms with Crippen molar-refractivity contribution in [1.29, 1.82) is 0 Å². The van der Waals surface area contributed by atoms with Crippen LogP contribution in [0.3, 0.4) is 0 Å². The summed E-state index contributed by atoms with van der Waals surface area (Å²) in [5.41, 5.74) is 5.83. The highest BCUT2D eigenvalue weighted by Gasteiger charge is 2.41. The van der Waals surface area contributed by atoms with Gasteiger partial charge in [-0.1, -0.05) is 146 Å². The lowest BCUT2D eigenvalue weighted by atomic mass is 10.0. The van der Waals surface area contributed by atoms with Crippen molar-refractivity contribution >= 4 is 62.0 Å². The van der Waals surface area contributed by atoms with Gasteiger partial charge in [-0.25, -0.2) is 9.69 Å². The van der Waals surface area contributed by atoms with Crippen molar-refractivity contribution < 1.29 is 0 Å². The number of nitrogens with zero attached hydrogens (tertiary/aromatic N) is 3. The molecule has 48 heavy (non-hydrogen) atoms. The van der Waals surface area contributed by atoms with Crippen LogP contribution >= 0.6 is 0 Å². The van der Waals surface area contributed by atoms with E-state index in [2.05, 4.69) is 172 Å². The Morgan fingerprint density at radius 2 is 0.938 bits per heavy atom. The third-order valence-electron chi connectivity index (χ3n) is 9.35. The zero-order valence-electron chi connectivity index (χ0n) is 26.1. The first kappa shape index (κ1) is 29.0. The summed E-state index contributed by atoms with van der Waals surface area (Å²) in [7, 11) is -2.83. The summed E-state index contributed by atoms with van der Waals surface area (Å²) in [5, 5.41) is 7.31. The molecule has 4 heteroatoms. The second-order valence-electron chi connectivity index (χ2n) is 11.9. The van der Waals surface area contributed by atoms with E-state index in [1.807, 2.05) is 18.2 Å².